The average molecular weight is 288 g/mol. The number of sulfonamides is 1. The van der Waals surface area contributed by atoms with Gasteiger partial charge in [-0.3, -0.25) is 4.79 Å². The van der Waals surface area contributed by atoms with Crippen LogP contribution in [-0.4, -0.2) is 32.3 Å². The standard InChI is InChI=1S/C12H17FN2O3S/c1-4-15(5-2)12(16)9-6-10(13)8(3)11(7-9)19(14,17)18/h6-7H,4-5H2,1-3H3,(H2,14,17,18). The number of hydrogen-bond donors (Lipinski definition) is 1. The molecule has 5 nitrogen and oxygen atoms in total. The van der Waals surface area contributed by atoms with Gasteiger partial charge in [0.2, 0.25) is 10.0 Å². The minimum Gasteiger partial charge on any atom is -0.339 e. The highest BCUT2D eigenvalue weighted by molar-refractivity contribution is 7.89. The first kappa shape index (κ1) is 15.6. The SMILES string of the molecule is CCN(CC)C(=O)c1cc(F)c(C)c(S(N)(=O)=O)c1. The van der Waals surface area contributed by atoms with Crippen LogP contribution in [0.5, 0.6) is 0 Å². The number of rotatable bonds is 4. The fourth-order valence-corrected chi connectivity index (χ4v) is 2.58. The summed E-state index contributed by atoms with van der Waals surface area (Å²) in [7, 11) is -4.06. The van der Waals surface area contributed by atoms with Gasteiger partial charge in [0.15, 0.2) is 0 Å². The Hall–Kier alpha value is -1.47. The summed E-state index contributed by atoms with van der Waals surface area (Å²) in [6, 6.07) is 2.15. The topological polar surface area (TPSA) is 80.5 Å². The van der Waals surface area contributed by atoms with Crippen LogP contribution in [0, 0.1) is 12.7 Å². The molecule has 1 aromatic carbocycles. The predicted molar refractivity (Wildman–Crippen MR) is 69.8 cm³/mol. The molecule has 0 aromatic heterocycles. The van der Waals surface area contributed by atoms with Crippen molar-refractivity contribution in [3.05, 3.63) is 29.1 Å². The number of benzene rings is 1. The number of carbonyl (C=O) groups excluding carboxylic acids is 1. The van der Waals surface area contributed by atoms with Crippen LogP contribution in [0.15, 0.2) is 17.0 Å². The molecular weight excluding hydrogens is 271 g/mol. The molecule has 0 saturated heterocycles. The molecule has 1 rings (SSSR count). The Morgan fingerprint density at radius 3 is 2.26 bits per heavy atom. The van der Waals surface area contributed by atoms with Gasteiger partial charge in [0.25, 0.3) is 5.91 Å². The molecule has 1 amide bonds. The molecule has 0 atom stereocenters. The monoisotopic (exact) mass is 288 g/mol. The molecule has 106 valence electrons. The van der Waals surface area contributed by atoms with Crippen LogP contribution in [0.4, 0.5) is 4.39 Å². The van der Waals surface area contributed by atoms with E-state index in [0.717, 1.165) is 12.1 Å². The second-order valence-corrected chi connectivity index (χ2v) is 5.63. The number of amides is 1. The summed E-state index contributed by atoms with van der Waals surface area (Å²) in [6.07, 6.45) is 0. The Labute approximate surface area is 112 Å². The van der Waals surface area contributed by atoms with Gasteiger partial charge in [-0.05, 0) is 32.9 Å². The first-order chi connectivity index (χ1) is 8.72. The molecule has 0 spiro atoms. The second kappa shape index (κ2) is 5.66. The van der Waals surface area contributed by atoms with Gasteiger partial charge in [-0.15, -0.1) is 0 Å². The maximum Gasteiger partial charge on any atom is 0.253 e. The van der Waals surface area contributed by atoms with Gasteiger partial charge in [-0.2, -0.15) is 0 Å². The van der Waals surface area contributed by atoms with E-state index >= 15 is 0 Å². The molecule has 2 N–H and O–H groups in total. The molecule has 0 bridgehead atoms. The van der Waals surface area contributed by atoms with Crippen molar-refractivity contribution in [1.82, 2.24) is 4.90 Å². The Kier molecular flexibility index (Phi) is 4.65. The first-order valence-corrected chi connectivity index (χ1v) is 7.39. The van der Waals surface area contributed by atoms with Gasteiger partial charge in [0.05, 0.1) is 4.90 Å². The van der Waals surface area contributed by atoms with Crippen molar-refractivity contribution in [1.29, 1.82) is 0 Å². The van der Waals surface area contributed by atoms with E-state index in [4.69, 9.17) is 5.14 Å². The molecule has 1 aromatic rings. The van der Waals surface area contributed by atoms with Crippen molar-refractivity contribution in [3.63, 3.8) is 0 Å². The first-order valence-electron chi connectivity index (χ1n) is 5.84. The van der Waals surface area contributed by atoms with Crippen molar-refractivity contribution in [2.45, 2.75) is 25.7 Å². The van der Waals surface area contributed by atoms with Crippen molar-refractivity contribution in [3.8, 4) is 0 Å². The summed E-state index contributed by atoms with van der Waals surface area (Å²) in [5.74, 6) is -1.18. The van der Waals surface area contributed by atoms with Gasteiger partial charge in [0.1, 0.15) is 5.82 Å². The number of halogens is 1. The zero-order chi connectivity index (χ0) is 14.8. The van der Waals surface area contributed by atoms with Gasteiger partial charge >= 0.3 is 0 Å². The van der Waals surface area contributed by atoms with Gasteiger partial charge in [-0.1, -0.05) is 0 Å². The van der Waals surface area contributed by atoms with Crippen molar-refractivity contribution >= 4 is 15.9 Å². The van der Waals surface area contributed by atoms with Gasteiger partial charge < -0.3 is 4.90 Å². The maximum atomic E-state index is 13.7. The Morgan fingerprint density at radius 2 is 1.84 bits per heavy atom. The third kappa shape index (κ3) is 3.30. The van der Waals surface area contributed by atoms with Crippen LogP contribution in [0.2, 0.25) is 0 Å². The molecule has 0 aliphatic heterocycles. The molecular formula is C12H17FN2O3S. The second-order valence-electron chi connectivity index (χ2n) is 4.10. The highest BCUT2D eigenvalue weighted by atomic mass is 32.2. The number of nitrogens with zero attached hydrogens (tertiary/aromatic N) is 1. The van der Waals surface area contributed by atoms with Crippen molar-refractivity contribution in [2.75, 3.05) is 13.1 Å². The van der Waals surface area contributed by atoms with E-state index in [1.54, 1.807) is 13.8 Å². The lowest BCUT2D eigenvalue weighted by Gasteiger charge is -2.19. The number of hydrogen-bond acceptors (Lipinski definition) is 3. The van der Waals surface area contributed by atoms with Crippen molar-refractivity contribution < 1.29 is 17.6 Å². The minimum absolute atomic E-state index is 0.0178. The zero-order valence-electron chi connectivity index (χ0n) is 11.1. The smallest absolute Gasteiger partial charge is 0.253 e. The average Bonchev–Trinajstić information content (AvgIpc) is 2.32. The fraction of sp³-hybridized carbons (Fsp3) is 0.417. The maximum absolute atomic E-state index is 13.7. The Bertz CT molecular complexity index is 595. The van der Waals surface area contributed by atoms with E-state index in [9.17, 15) is 17.6 Å². The molecule has 0 aliphatic rings. The Balaban J connectivity index is 3.40. The molecule has 0 radical (unpaired) electrons. The lowest BCUT2D eigenvalue weighted by Crippen LogP contribution is -2.31. The quantitative estimate of drug-likeness (QED) is 0.905. The fourth-order valence-electron chi connectivity index (χ4n) is 1.77. The third-order valence-electron chi connectivity index (χ3n) is 2.90. The summed E-state index contributed by atoms with van der Waals surface area (Å²) in [4.78, 5) is 13.2. The van der Waals surface area contributed by atoms with Crippen LogP contribution in [0.3, 0.4) is 0 Å². The van der Waals surface area contributed by atoms with Crippen molar-refractivity contribution in [2.24, 2.45) is 5.14 Å². The molecule has 0 aliphatic carbocycles. The van der Waals surface area contributed by atoms with Crippen LogP contribution in [0.25, 0.3) is 0 Å². The number of primary sulfonamides is 1. The van der Waals surface area contributed by atoms with Crippen LogP contribution < -0.4 is 5.14 Å². The van der Waals surface area contributed by atoms with E-state index < -0.39 is 21.7 Å². The summed E-state index contributed by atoms with van der Waals surface area (Å²) in [6.45, 7) is 5.78. The number of nitrogens with two attached hydrogens (primary N) is 1. The van der Waals surface area contributed by atoms with Crippen LogP contribution >= 0.6 is 0 Å². The summed E-state index contributed by atoms with van der Waals surface area (Å²) >= 11 is 0. The van der Waals surface area contributed by atoms with Crippen LogP contribution in [0.1, 0.15) is 29.8 Å². The molecule has 19 heavy (non-hydrogen) atoms. The predicted octanol–water partition coefficient (Wildman–Crippen LogP) is 1.26. The molecule has 7 heteroatoms. The molecule has 0 unspecified atom stereocenters. The third-order valence-corrected chi connectivity index (χ3v) is 3.94. The zero-order valence-corrected chi connectivity index (χ0v) is 11.9. The van der Waals surface area contributed by atoms with Crippen LogP contribution in [-0.2, 0) is 10.0 Å². The number of carbonyl (C=O) groups is 1. The van der Waals surface area contributed by atoms with E-state index in [0.29, 0.717) is 13.1 Å². The van der Waals surface area contributed by atoms with E-state index in [-0.39, 0.29) is 16.0 Å². The Morgan fingerprint density at radius 1 is 1.32 bits per heavy atom. The molecule has 0 fully saturated rings. The molecule has 0 heterocycles. The minimum atomic E-state index is -4.06. The summed E-state index contributed by atoms with van der Waals surface area (Å²) in [5.41, 5.74) is -0.102. The van der Waals surface area contributed by atoms with Gasteiger partial charge in [-0.25, -0.2) is 17.9 Å². The highest BCUT2D eigenvalue weighted by Crippen LogP contribution is 2.20. The van der Waals surface area contributed by atoms with E-state index in [1.807, 2.05) is 0 Å². The van der Waals surface area contributed by atoms with E-state index in [2.05, 4.69) is 0 Å². The lowest BCUT2D eigenvalue weighted by molar-refractivity contribution is 0.0772. The highest BCUT2D eigenvalue weighted by Gasteiger charge is 2.21. The largest absolute Gasteiger partial charge is 0.339 e. The van der Waals surface area contributed by atoms with E-state index in [1.165, 1.54) is 11.8 Å². The summed E-state index contributed by atoms with van der Waals surface area (Å²) in [5, 5.41) is 5.02. The normalized spacial score (nSPS) is 11.4. The summed E-state index contributed by atoms with van der Waals surface area (Å²) < 4.78 is 36.5. The molecule has 0 saturated carbocycles. The van der Waals surface area contributed by atoms with Gasteiger partial charge in [0, 0.05) is 24.2 Å². The lowest BCUT2D eigenvalue weighted by atomic mass is 10.1.